The molecule has 4 rings (SSSR count). The van der Waals surface area contributed by atoms with E-state index in [1.54, 1.807) is 0 Å². The van der Waals surface area contributed by atoms with Gasteiger partial charge in [0.2, 0.25) is 5.91 Å². The Morgan fingerprint density at radius 2 is 1.76 bits per heavy atom. The SMILES string of the molecule is Cc1cccc(OCCCC(=O)N2CCCc3c(-c4ccc(CC(=O)O)cc4)cccc32)c1C. The Morgan fingerprint density at radius 3 is 2.53 bits per heavy atom. The molecule has 0 saturated heterocycles. The maximum atomic E-state index is 13.1. The number of benzene rings is 3. The lowest BCUT2D eigenvalue weighted by Crippen LogP contribution is -2.35. The highest BCUT2D eigenvalue weighted by Gasteiger charge is 2.24. The van der Waals surface area contributed by atoms with Crippen LogP contribution in [0.5, 0.6) is 5.75 Å². The van der Waals surface area contributed by atoms with E-state index in [4.69, 9.17) is 9.84 Å². The van der Waals surface area contributed by atoms with Gasteiger partial charge >= 0.3 is 5.97 Å². The van der Waals surface area contributed by atoms with Gasteiger partial charge in [-0.3, -0.25) is 9.59 Å². The van der Waals surface area contributed by atoms with Gasteiger partial charge in [-0.25, -0.2) is 0 Å². The number of aryl methyl sites for hydroxylation is 1. The number of carbonyl (C=O) groups excluding carboxylic acids is 1. The Morgan fingerprint density at radius 1 is 1.00 bits per heavy atom. The van der Waals surface area contributed by atoms with E-state index >= 15 is 0 Å². The lowest BCUT2D eigenvalue weighted by Gasteiger charge is -2.31. The van der Waals surface area contributed by atoms with E-state index in [1.807, 2.05) is 53.4 Å². The number of anilines is 1. The van der Waals surface area contributed by atoms with Gasteiger partial charge in [0.25, 0.3) is 0 Å². The van der Waals surface area contributed by atoms with Crippen molar-refractivity contribution >= 4 is 17.6 Å². The van der Waals surface area contributed by atoms with Crippen LogP contribution in [0.25, 0.3) is 11.1 Å². The summed E-state index contributed by atoms with van der Waals surface area (Å²) in [5.74, 6) is 0.174. The van der Waals surface area contributed by atoms with Gasteiger partial charge < -0.3 is 14.7 Å². The van der Waals surface area contributed by atoms with E-state index in [-0.39, 0.29) is 12.3 Å². The molecule has 5 nitrogen and oxygen atoms in total. The Balaban J connectivity index is 1.43. The molecule has 0 bridgehead atoms. The van der Waals surface area contributed by atoms with Gasteiger partial charge in [0.15, 0.2) is 0 Å². The topological polar surface area (TPSA) is 66.8 Å². The highest BCUT2D eigenvalue weighted by molar-refractivity contribution is 5.96. The van der Waals surface area contributed by atoms with Crippen LogP contribution in [-0.4, -0.2) is 30.1 Å². The number of carboxylic acid groups (broad SMARTS) is 1. The maximum absolute atomic E-state index is 13.1. The second-order valence-electron chi connectivity index (χ2n) is 8.87. The van der Waals surface area contributed by atoms with Crippen molar-refractivity contribution in [1.29, 1.82) is 0 Å². The Labute approximate surface area is 201 Å². The molecule has 1 heterocycles. The fourth-order valence-electron chi connectivity index (χ4n) is 4.55. The van der Waals surface area contributed by atoms with Crippen LogP contribution < -0.4 is 9.64 Å². The van der Waals surface area contributed by atoms with E-state index in [2.05, 4.69) is 26.0 Å². The molecule has 0 unspecified atom stereocenters. The number of nitrogens with zero attached hydrogens (tertiary/aromatic N) is 1. The van der Waals surface area contributed by atoms with Crippen LogP contribution in [0.15, 0.2) is 60.7 Å². The van der Waals surface area contributed by atoms with Gasteiger partial charge in [-0.1, -0.05) is 48.5 Å². The van der Waals surface area contributed by atoms with Crippen molar-refractivity contribution in [3.8, 4) is 16.9 Å². The van der Waals surface area contributed by atoms with Crippen molar-refractivity contribution in [3.63, 3.8) is 0 Å². The van der Waals surface area contributed by atoms with Crippen molar-refractivity contribution in [2.24, 2.45) is 0 Å². The number of amides is 1. The molecule has 0 aromatic heterocycles. The molecule has 34 heavy (non-hydrogen) atoms. The Hall–Kier alpha value is -3.60. The van der Waals surface area contributed by atoms with E-state index in [0.29, 0.717) is 19.4 Å². The zero-order valence-corrected chi connectivity index (χ0v) is 19.8. The zero-order chi connectivity index (χ0) is 24.1. The van der Waals surface area contributed by atoms with Crippen LogP contribution in [0.4, 0.5) is 5.69 Å². The molecule has 1 aliphatic rings. The normalized spacial score (nSPS) is 12.8. The third-order valence-electron chi connectivity index (χ3n) is 6.52. The fraction of sp³-hybridized carbons (Fsp3) is 0.310. The van der Waals surface area contributed by atoms with Crippen molar-refractivity contribution in [1.82, 2.24) is 0 Å². The third kappa shape index (κ3) is 5.30. The summed E-state index contributed by atoms with van der Waals surface area (Å²) in [6, 6.07) is 19.8. The van der Waals surface area contributed by atoms with Crippen molar-refractivity contribution in [2.45, 2.75) is 46.0 Å². The number of hydrogen-bond donors (Lipinski definition) is 1. The van der Waals surface area contributed by atoms with Crippen molar-refractivity contribution in [3.05, 3.63) is 82.9 Å². The van der Waals surface area contributed by atoms with E-state index in [0.717, 1.165) is 53.1 Å². The molecule has 0 saturated carbocycles. The molecule has 0 aliphatic carbocycles. The molecule has 3 aromatic rings. The molecule has 0 spiro atoms. The number of aliphatic carboxylic acids is 1. The molecule has 3 aromatic carbocycles. The largest absolute Gasteiger partial charge is 0.493 e. The number of fused-ring (bicyclic) bond motifs is 1. The molecule has 1 aliphatic heterocycles. The van der Waals surface area contributed by atoms with Crippen LogP contribution in [0.2, 0.25) is 0 Å². The lowest BCUT2D eigenvalue weighted by atomic mass is 9.91. The van der Waals surface area contributed by atoms with Crippen molar-refractivity contribution in [2.75, 3.05) is 18.1 Å². The summed E-state index contributed by atoms with van der Waals surface area (Å²) in [6.07, 6.45) is 2.97. The highest BCUT2D eigenvalue weighted by Crippen LogP contribution is 2.36. The highest BCUT2D eigenvalue weighted by atomic mass is 16.5. The Kier molecular flexibility index (Phi) is 7.31. The predicted octanol–water partition coefficient (Wildman–Crippen LogP) is 5.74. The molecule has 0 radical (unpaired) electrons. The summed E-state index contributed by atoms with van der Waals surface area (Å²) in [5.41, 5.74) is 7.44. The molecule has 1 N–H and O–H groups in total. The van der Waals surface area contributed by atoms with Gasteiger partial charge in [0.1, 0.15) is 5.75 Å². The second kappa shape index (κ2) is 10.6. The van der Waals surface area contributed by atoms with Crippen LogP contribution in [0.3, 0.4) is 0 Å². The summed E-state index contributed by atoms with van der Waals surface area (Å²) >= 11 is 0. The first kappa shape index (κ1) is 23.6. The number of rotatable bonds is 8. The van der Waals surface area contributed by atoms with Gasteiger partial charge in [-0.15, -0.1) is 0 Å². The first-order valence-corrected chi connectivity index (χ1v) is 11.9. The standard InChI is InChI=1S/C29H31NO4/c1-20-7-3-11-27(21(20)2)34-18-6-12-28(31)30-17-5-9-25-24(8-4-10-26(25)30)23-15-13-22(14-16-23)19-29(32)33/h3-4,7-8,10-11,13-16H,5-6,9,12,17-19H2,1-2H3,(H,32,33). The average molecular weight is 458 g/mol. The van der Waals surface area contributed by atoms with Crippen LogP contribution in [0.1, 0.15) is 41.5 Å². The summed E-state index contributed by atoms with van der Waals surface area (Å²) in [5, 5.41) is 9.01. The fourth-order valence-corrected chi connectivity index (χ4v) is 4.55. The maximum Gasteiger partial charge on any atom is 0.307 e. The first-order valence-electron chi connectivity index (χ1n) is 11.9. The van der Waals surface area contributed by atoms with E-state index in [9.17, 15) is 9.59 Å². The molecular weight excluding hydrogens is 426 g/mol. The smallest absolute Gasteiger partial charge is 0.307 e. The minimum atomic E-state index is -0.835. The second-order valence-corrected chi connectivity index (χ2v) is 8.87. The molecule has 176 valence electrons. The minimum absolute atomic E-state index is 0.0165. The van der Waals surface area contributed by atoms with Crippen LogP contribution >= 0.6 is 0 Å². The summed E-state index contributed by atoms with van der Waals surface area (Å²) in [7, 11) is 0. The number of carboxylic acids is 1. The minimum Gasteiger partial charge on any atom is -0.493 e. The molecule has 5 heteroatoms. The van der Waals surface area contributed by atoms with Gasteiger partial charge in [-0.05, 0) is 78.6 Å². The molecule has 0 fully saturated rings. The zero-order valence-electron chi connectivity index (χ0n) is 19.8. The third-order valence-corrected chi connectivity index (χ3v) is 6.52. The predicted molar refractivity (Wildman–Crippen MR) is 135 cm³/mol. The number of hydrogen-bond acceptors (Lipinski definition) is 3. The lowest BCUT2D eigenvalue weighted by molar-refractivity contribution is -0.136. The molecule has 1 amide bonds. The molecular formula is C29H31NO4. The van der Waals surface area contributed by atoms with E-state index in [1.165, 1.54) is 11.1 Å². The first-order chi connectivity index (χ1) is 16.4. The van der Waals surface area contributed by atoms with Crippen LogP contribution in [-0.2, 0) is 22.4 Å². The van der Waals surface area contributed by atoms with Gasteiger partial charge in [0.05, 0.1) is 13.0 Å². The summed E-state index contributed by atoms with van der Waals surface area (Å²) in [4.78, 5) is 26.0. The van der Waals surface area contributed by atoms with E-state index < -0.39 is 5.97 Å². The summed E-state index contributed by atoms with van der Waals surface area (Å²) in [6.45, 7) is 5.36. The van der Waals surface area contributed by atoms with Crippen LogP contribution in [0, 0.1) is 13.8 Å². The van der Waals surface area contributed by atoms with Gasteiger partial charge in [-0.2, -0.15) is 0 Å². The number of carbonyl (C=O) groups is 2. The average Bonchev–Trinajstić information content (AvgIpc) is 2.83. The molecule has 0 atom stereocenters. The number of ether oxygens (including phenoxy) is 1. The monoisotopic (exact) mass is 457 g/mol. The van der Waals surface area contributed by atoms with Crippen molar-refractivity contribution < 1.29 is 19.4 Å². The summed E-state index contributed by atoms with van der Waals surface area (Å²) < 4.78 is 5.93. The Bertz CT molecular complexity index is 1180. The quantitative estimate of drug-likeness (QED) is 0.438. The van der Waals surface area contributed by atoms with Gasteiger partial charge in [0, 0.05) is 18.7 Å².